The van der Waals surface area contributed by atoms with Gasteiger partial charge in [-0.05, 0) is 37.6 Å². The van der Waals surface area contributed by atoms with E-state index in [-0.39, 0.29) is 5.75 Å². The fraction of sp³-hybridized carbons (Fsp3) is 0.176. The molecule has 0 spiro atoms. The Hall–Kier alpha value is -2.67. The maximum absolute atomic E-state index is 12.3. The first-order chi connectivity index (χ1) is 11.4. The zero-order chi connectivity index (χ0) is 17.2. The van der Waals surface area contributed by atoms with Crippen LogP contribution in [0.5, 0.6) is 0 Å². The maximum atomic E-state index is 12.3. The van der Waals surface area contributed by atoms with Crippen LogP contribution >= 0.6 is 0 Å². The molecule has 3 rings (SSSR count). The topological polar surface area (TPSA) is 85.1 Å². The molecule has 1 heterocycles. The summed E-state index contributed by atoms with van der Waals surface area (Å²) in [6.07, 6.45) is 0. The Kier molecular flexibility index (Phi) is 4.35. The molecule has 0 saturated carbocycles. The van der Waals surface area contributed by atoms with Gasteiger partial charge in [0.05, 0.1) is 5.75 Å². The van der Waals surface area contributed by atoms with E-state index in [0.29, 0.717) is 23.0 Å². The van der Waals surface area contributed by atoms with Gasteiger partial charge in [0.1, 0.15) is 0 Å². The summed E-state index contributed by atoms with van der Waals surface area (Å²) in [4.78, 5) is 4.14. The number of benzene rings is 2. The summed E-state index contributed by atoms with van der Waals surface area (Å²) in [6, 6.07) is 14.3. The third-order valence-corrected chi connectivity index (χ3v) is 4.65. The van der Waals surface area contributed by atoms with Crippen LogP contribution in [0.2, 0.25) is 0 Å². The molecular weight excluding hydrogens is 326 g/mol. The summed E-state index contributed by atoms with van der Waals surface area (Å²) in [5.41, 5.74) is 2.94. The summed E-state index contributed by atoms with van der Waals surface area (Å²) in [5.74, 6) is 0.791. The minimum atomic E-state index is -3.51. The number of nitrogens with one attached hydrogen (secondary N) is 1. The highest BCUT2D eigenvalue weighted by molar-refractivity contribution is 7.91. The van der Waals surface area contributed by atoms with Gasteiger partial charge in [-0.25, -0.2) is 8.42 Å². The third-order valence-electron chi connectivity index (χ3n) is 3.39. The van der Waals surface area contributed by atoms with Gasteiger partial charge < -0.3 is 4.52 Å². The highest BCUT2D eigenvalue weighted by atomic mass is 32.2. The highest BCUT2D eigenvalue weighted by Crippen LogP contribution is 2.22. The Morgan fingerprint density at radius 3 is 2.50 bits per heavy atom. The van der Waals surface area contributed by atoms with Gasteiger partial charge in [0, 0.05) is 11.3 Å². The molecule has 6 nitrogen and oxygen atoms in total. The minimum Gasteiger partial charge on any atom is -0.334 e. The van der Waals surface area contributed by atoms with Gasteiger partial charge in [0.15, 0.2) is 5.82 Å². The molecule has 24 heavy (non-hydrogen) atoms. The minimum absolute atomic E-state index is 0.0861. The molecule has 0 aliphatic heterocycles. The second kappa shape index (κ2) is 6.45. The Bertz CT molecular complexity index is 947. The van der Waals surface area contributed by atoms with E-state index in [0.717, 1.165) is 11.1 Å². The van der Waals surface area contributed by atoms with Crippen LogP contribution in [0.25, 0.3) is 11.5 Å². The molecular formula is C17H17N3O3S. The molecule has 0 saturated heterocycles. The first-order valence-corrected chi connectivity index (χ1v) is 9.03. The highest BCUT2D eigenvalue weighted by Gasteiger charge is 2.13. The Labute approximate surface area is 140 Å². The van der Waals surface area contributed by atoms with Gasteiger partial charge in [-0.2, -0.15) is 4.98 Å². The molecule has 7 heteroatoms. The van der Waals surface area contributed by atoms with Crippen molar-refractivity contribution in [2.75, 3.05) is 4.72 Å². The van der Waals surface area contributed by atoms with Crippen LogP contribution in [0.4, 0.5) is 5.69 Å². The third kappa shape index (κ3) is 3.99. The van der Waals surface area contributed by atoms with Crippen molar-refractivity contribution in [3.63, 3.8) is 0 Å². The number of rotatable bonds is 5. The van der Waals surface area contributed by atoms with E-state index >= 15 is 0 Å². The zero-order valence-corrected chi connectivity index (χ0v) is 14.2. The van der Waals surface area contributed by atoms with Crippen molar-refractivity contribution in [1.29, 1.82) is 0 Å². The molecule has 0 amide bonds. The van der Waals surface area contributed by atoms with Gasteiger partial charge in [0.25, 0.3) is 5.89 Å². The number of nitrogens with zero attached hydrogens (tertiary/aromatic N) is 2. The molecule has 0 fully saturated rings. The largest absolute Gasteiger partial charge is 0.334 e. The Morgan fingerprint density at radius 1 is 1.08 bits per heavy atom. The first kappa shape index (κ1) is 16.2. The molecule has 0 atom stereocenters. The van der Waals surface area contributed by atoms with Crippen LogP contribution < -0.4 is 4.72 Å². The first-order valence-electron chi connectivity index (χ1n) is 7.38. The summed E-state index contributed by atoms with van der Waals surface area (Å²) in [6.45, 7) is 3.68. The molecule has 1 aromatic heterocycles. The quantitative estimate of drug-likeness (QED) is 0.768. The van der Waals surface area contributed by atoms with Crippen LogP contribution in [0, 0.1) is 13.8 Å². The van der Waals surface area contributed by atoms with Gasteiger partial charge in [-0.15, -0.1) is 0 Å². The van der Waals surface area contributed by atoms with E-state index in [1.54, 1.807) is 31.2 Å². The van der Waals surface area contributed by atoms with E-state index in [1.807, 2.05) is 31.2 Å². The molecule has 0 aliphatic rings. The van der Waals surface area contributed by atoms with Crippen LogP contribution in [-0.2, 0) is 15.8 Å². The number of aryl methyl sites for hydroxylation is 2. The number of sulfonamides is 1. The Balaban J connectivity index is 1.78. The van der Waals surface area contributed by atoms with Crippen molar-refractivity contribution >= 4 is 15.7 Å². The summed E-state index contributed by atoms with van der Waals surface area (Å²) < 4.78 is 32.4. The number of hydrogen-bond acceptors (Lipinski definition) is 5. The summed E-state index contributed by atoms with van der Waals surface area (Å²) >= 11 is 0. The second-order valence-corrected chi connectivity index (χ2v) is 7.30. The lowest BCUT2D eigenvalue weighted by Crippen LogP contribution is -2.15. The van der Waals surface area contributed by atoms with Gasteiger partial charge in [-0.3, -0.25) is 4.72 Å². The standard InChI is InChI=1S/C17H17N3O3S/c1-12-6-8-14(9-7-12)11-24(21,22)20-16-5-3-4-15(10-16)17-18-13(2)19-23-17/h3-10,20H,11H2,1-2H3. The van der Waals surface area contributed by atoms with Crippen LogP contribution in [0.15, 0.2) is 53.1 Å². The molecule has 0 aliphatic carbocycles. The SMILES string of the molecule is Cc1ccc(CS(=O)(=O)Nc2cccc(-c3nc(C)no3)c2)cc1. The molecule has 124 valence electrons. The fourth-order valence-electron chi connectivity index (χ4n) is 2.25. The van der Waals surface area contributed by atoms with Crippen molar-refractivity contribution in [1.82, 2.24) is 10.1 Å². The predicted molar refractivity (Wildman–Crippen MR) is 91.9 cm³/mol. The van der Waals surface area contributed by atoms with Crippen molar-refractivity contribution < 1.29 is 12.9 Å². The lowest BCUT2D eigenvalue weighted by atomic mass is 10.2. The average molecular weight is 343 g/mol. The average Bonchev–Trinajstić information content (AvgIpc) is 2.96. The second-order valence-electron chi connectivity index (χ2n) is 5.57. The molecule has 1 N–H and O–H groups in total. The number of anilines is 1. The predicted octanol–water partition coefficient (Wildman–Crippen LogP) is 3.30. The number of aromatic nitrogens is 2. The van der Waals surface area contributed by atoms with E-state index < -0.39 is 10.0 Å². The molecule has 2 aromatic carbocycles. The Morgan fingerprint density at radius 2 is 1.83 bits per heavy atom. The lowest BCUT2D eigenvalue weighted by Gasteiger charge is -2.09. The molecule has 0 unspecified atom stereocenters. The van der Waals surface area contributed by atoms with E-state index in [2.05, 4.69) is 14.9 Å². The summed E-state index contributed by atoms with van der Waals surface area (Å²) in [5, 5.41) is 3.74. The van der Waals surface area contributed by atoms with Crippen molar-refractivity contribution in [3.8, 4) is 11.5 Å². The van der Waals surface area contributed by atoms with E-state index in [9.17, 15) is 8.42 Å². The van der Waals surface area contributed by atoms with Crippen molar-refractivity contribution in [3.05, 3.63) is 65.5 Å². The van der Waals surface area contributed by atoms with Gasteiger partial charge in [0.2, 0.25) is 10.0 Å². The smallest absolute Gasteiger partial charge is 0.257 e. The van der Waals surface area contributed by atoms with E-state index in [4.69, 9.17) is 4.52 Å². The van der Waals surface area contributed by atoms with Gasteiger partial charge in [-0.1, -0.05) is 41.1 Å². The lowest BCUT2D eigenvalue weighted by molar-refractivity contribution is 0.425. The van der Waals surface area contributed by atoms with Crippen LogP contribution in [-0.4, -0.2) is 18.6 Å². The number of hydrogen-bond donors (Lipinski definition) is 1. The van der Waals surface area contributed by atoms with E-state index in [1.165, 1.54) is 0 Å². The zero-order valence-electron chi connectivity index (χ0n) is 13.4. The van der Waals surface area contributed by atoms with Crippen LogP contribution in [0.3, 0.4) is 0 Å². The van der Waals surface area contributed by atoms with Crippen LogP contribution in [0.1, 0.15) is 17.0 Å². The van der Waals surface area contributed by atoms with Crippen molar-refractivity contribution in [2.45, 2.75) is 19.6 Å². The fourth-order valence-corrected chi connectivity index (χ4v) is 3.44. The maximum Gasteiger partial charge on any atom is 0.257 e. The molecule has 3 aromatic rings. The molecule has 0 bridgehead atoms. The summed E-state index contributed by atoms with van der Waals surface area (Å²) in [7, 11) is -3.51. The molecule has 0 radical (unpaired) electrons. The van der Waals surface area contributed by atoms with Gasteiger partial charge >= 0.3 is 0 Å². The normalized spacial score (nSPS) is 11.4. The van der Waals surface area contributed by atoms with Crippen molar-refractivity contribution in [2.24, 2.45) is 0 Å². The monoisotopic (exact) mass is 343 g/mol.